The summed E-state index contributed by atoms with van der Waals surface area (Å²) in [5.41, 5.74) is 1.96. The van der Waals surface area contributed by atoms with Crippen molar-refractivity contribution in [1.29, 1.82) is 0 Å². The first-order chi connectivity index (χ1) is 13.5. The average molecular weight is 396 g/mol. The maximum Gasteiger partial charge on any atom is 0.251 e. The van der Waals surface area contributed by atoms with E-state index in [9.17, 15) is 14.4 Å². The van der Waals surface area contributed by atoms with Gasteiger partial charge in [0.15, 0.2) is 5.43 Å². The molecule has 0 bridgehead atoms. The molecule has 0 radical (unpaired) electrons. The zero-order valence-corrected chi connectivity index (χ0v) is 15.6. The third-order valence-corrected chi connectivity index (χ3v) is 4.24. The molecule has 28 heavy (non-hydrogen) atoms. The highest BCUT2D eigenvalue weighted by Crippen LogP contribution is 2.13. The summed E-state index contributed by atoms with van der Waals surface area (Å²) in [6.45, 7) is 0.225. The van der Waals surface area contributed by atoms with Gasteiger partial charge in [0.2, 0.25) is 5.91 Å². The van der Waals surface area contributed by atoms with Gasteiger partial charge >= 0.3 is 0 Å². The minimum absolute atomic E-state index is 0.0525. The molecule has 0 aliphatic rings. The van der Waals surface area contributed by atoms with E-state index in [0.29, 0.717) is 16.3 Å². The summed E-state index contributed by atoms with van der Waals surface area (Å²) in [5, 5.41) is 6.04. The highest BCUT2D eigenvalue weighted by Gasteiger charge is 2.07. The lowest BCUT2D eigenvalue weighted by atomic mass is 10.2. The fourth-order valence-electron chi connectivity index (χ4n) is 2.52. The molecule has 1 aromatic heterocycles. The SMILES string of the molecule is O=C(CCNC(=O)c1ccc(Cl)cc1)Nc1ccc(-n2ccc(=O)cc2)cc1. The van der Waals surface area contributed by atoms with Crippen LogP contribution in [0.2, 0.25) is 5.02 Å². The molecule has 2 N–H and O–H groups in total. The summed E-state index contributed by atoms with van der Waals surface area (Å²) >= 11 is 5.79. The molecule has 0 saturated heterocycles. The first kappa shape index (κ1) is 19.4. The Labute approximate surface area is 166 Å². The van der Waals surface area contributed by atoms with Gasteiger partial charge in [-0.15, -0.1) is 0 Å². The maximum atomic E-state index is 12.0. The Balaban J connectivity index is 1.48. The van der Waals surface area contributed by atoms with E-state index < -0.39 is 0 Å². The first-order valence-corrected chi connectivity index (χ1v) is 9.01. The molecule has 7 heteroatoms. The summed E-state index contributed by atoms with van der Waals surface area (Å²) < 4.78 is 1.80. The van der Waals surface area contributed by atoms with Crippen LogP contribution in [0.5, 0.6) is 0 Å². The molecule has 0 atom stereocenters. The summed E-state index contributed by atoms with van der Waals surface area (Å²) in [6, 6.07) is 16.7. The summed E-state index contributed by atoms with van der Waals surface area (Å²) in [5.74, 6) is -0.456. The van der Waals surface area contributed by atoms with Gasteiger partial charge in [-0.1, -0.05) is 11.6 Å². The standard InChI is InChI=1S/C21H18ClN3O3/c22-16-3-1-15(2-4-16)21(28)23-12-9-20(27)24-17-5-7-18(8-6-17)25-13-10-19(26)11-14-25/h1-8,10-11,13-14H,9,12H2,(H,23,28)(H,24,27). The Morgan fingerprint density at radius 1 is 0.893 bits per heavy atom. The van der Waals surface area contributed by atoms with E-state index in [4.69, 9.17) is 11.6 Å². The molecule has 0 unspecified atom stereocenters. The van der Waals surface area contributed by atoms with E-state index in [1.54, 1.807) is 53.4 Å². The number of aromatic nitrogens is 1. The van der Waals surface area contributed by atoms with Crippen molar-refractivity contribution in [2.75, 3.05) is 11.9 Å². The summed E-state index contributed by atoms with van der Waals surface area (Å²) in [6.07, 6.45) is 3.51. The fourth-order valence-corrected chi connectivity index (χ4v) is 2.64. The second-order valence-corrected chi connectivity index (χ2v) is 6.49. The highest BCUT2D eigenvalue weighted by atomic mass is 35.5. The van der Waals surface area contributed by atoms with Gasteiger partial charge in [-0.25, -0.2) is 0 Å². The lowest BCUT2D eigenvalue weighted by Gasteiger charge is -2.09. The monoisotopic (exact) mass is 395 g/mol. The number of hydrogen-bond acceptors (Lipinski definition) is 3. The molecular formula is C21H18ClN3O3. The Kier molecular flexibility index (Phi) is 6.24. The largest absolute Gasteiger partial charge is 0.352 e. The summed E-state index contributed by atoms with van der Waals surface area (Å²) in [7, 11) is 0. The van der Waals surface area contributed by atoms with Crippen LogP contribution in [0.25, 0.3) is 5.69 Å². The Morgan fingerprint density at radius 2 is 1.54 bits per heavy atom. The fraction of sp³-hybridized carbons (Fsp3) is 0.0952. The molecule has 2 amide bonds. The van der Waals surface area contributed by atoms with Gasteiger partial charge in [0.1, 0.15) is 0 Å². The van der Waals surface area contributed by atoms with Crippen LogP contribution < -0.4 is 16.1 Å². The van der Waals surface area contributed by atoms with Crippen LogP contribution >= 0.6 is 11.6 Å². The number of nitrogens with zero attached hydrogens (tertiary/aromatic N) is 1. The molecule has 142 valence electrons. The maximum absolute atomic E-state index is 12.0. The minimum Gasteiger partial charge on any atom is -0.352 e. The molecular weight excluding hydrogens is 378 g/mol. The number of anilines is 1. The van der Waals surface area contributed by atoms with Gasteiger partial charge in [-0.05, 0) is 48.5 Å². The van der Waals surface area contributed by atoms with E-state index >= 15 is 0 Å². The van der Waals surface area contributed by atoms with Crippen LogP contribution in [0.15, 0.2) is 77.9 Å². The average Bonchev–Trinajstić information content (AvgIpc) is 2.70. The van der Waals surface area contributed by atoms with Crippen LogP contribution in [-0.4, -0.2) is 22.9 Å². The normalized spacial score (nSPS) is 10.3. The number of pyridine rings is 1. The summed E-state index contributed by atoms with van der Waals surface area (Å²) in [4.78, 5) is 35.2. The van der Waals surface area contributed by atoms with E-state index in [-0.39, 0.29) is 30.2 Å². The number of benzene rings is 2. The quantitative estimate of drug-likeness (QED) is 0.672. The van der Waals surface area contributed by atoms with Crippen molar-refractivity contribution in [2.24, 2.45) is 0 Å². The van der Waals surface area contributed by atoms with Crippen molar-refractivity contribution in [2.45, 2.75) is 6.42 Å². The van der Waals surface area contributed by atoms with Crippen LogP contribution in [-0.2, 0) is 4.79 Å². The van der Waals surface area contributed by atoms with E-state index in [1.807, 2.05) is 12.1 Å². The van der Waals surface area contributed by atoms with Crippen molar-refractivity contribution >= 4 is 29.1 Å². The molecule has 0 aliphatic heterocycles. The van der Waals surface area contributed by atoms with Gasteiger partial charge < -0.3 is 15.2 Å². The van der Waals surface area contributed by atoms with Gasteiger partial charge in [0.25, 0.3) is 5.91 Å². The molecule has 0 saturated carbocycles. The zero-order valence-electron chi connectivity index (χ0n) is 14.9. The van der Waals surface area contributed by atoms with Gasteiger partial charge in [-0.2, -0.15) is 0 Å². The van der Waals surface area contributed by atoms with Crippen LogP contribution in [0.3, 0.4) is 0 Å². The Morgan fingerprint density at radius 3 is 2.18 bits per heavy atom. The minimum atomic E-state index is -0.255. The molecule has 6 nitrogen and oxygen atoms in total. The predicted octanol–water partition coefficient (Wildman–Crippen LogP) is 3.25. The lowest BCUT2D eigenvalue weighted by molar-refractivity contribution is -0.116. The highest BCUT2D eigenvalue weighted by molar-refractivity contribution is 6.30. The topological polar surface area (TPSA) is 80.2 Å². The van der Waals surface area contributed by atoms with Crippen molar-refractivity contribution in [3.8, 4) is 5.69 Å². The number of nitrogens with one attached hydrogen (secondary N) is 2. The molecule has 1 heterocycles. The number of hydrogen-bond donors (Lipinski definition) is 2. The Hall–Kier alpha value is -3.38. The number of rotatable bonds is 6. The third kappa shape index (κ3) is 5.31. The molecule has 2 aromatic carbocycles. The van der Waals surface area contributed by atoms with Crippen LogP contribution in [0.1, 0.15) is 16.8 Å². The Bertz CT molecular complexity index is 1010. The van der Waals surface area contributed by atoms with Crippen molar-refractivity contribution < 1.29 is 9.59 Å². The van der Waals surface area contributed by atoms with E-state index in [2.05, 4.69) is 10.6 Å². The molecule has 3 aromatic rings. The van der Waals surface area contributed by atoms with Gasteiger partial charge in [-0.3, -0.25) is 14.4 Å². The number of carbonyl (C=O) groups is 2. The molecule has 0 spiro atoms. The zero-order chi connectivity index (χ0) is 19.9. The van der Waals surface area contributed by atoms with Gasteiger partial charge in [0.05, 0.1) is 0 Å². The van der Waals surface area contributed by atoms with Crippen molar-refractivity contribution in [3.05, 3.63) is 93.9 Å². The molecule has 3 rings (SSSR count). The van der Waals surface area contributed by atoms with Gasteiger partial charge in [0, 0.05) is 59.5 Å². The first-order valence-electron chi connectivity index (χ1n) is 8.64. The second-order valence-electron chi connectivity index (χ2n) is 6.05. The lowest BCUT2D eigenvalue weighted by Crippen LogP contribution is -2.27. The number of amides is 2. The van der Waals surface area contributed by atoms with Crippen molar-refractivity contribution in [3.63, 3.8) is 0 Å². The molecule has 0 fully saturated rings. The third-order valence-electron chi connectivity index (χ3n) is 3.99. The number of halogens is 1. The van der Waals surface area contributed by atoms with Crippen LogP contribution in [0.4, 0.5) is 5.69 Å². The number of carbonyl (C=O) groups excluding carboxylic acids is 2. The molecule has 0 aliphatic carbocycles. The second kappa shape index (κ2) is 9.01. The smallest absolute Gasteiger partial charge is 0.251 e. The van der Waals surface area contributed by atoms with E-state index in [1.165, 1.54) is 12.1 Å². The van der Waals surface area contributed by atoms with Crippen molar-refractivity contribution in [1.82, 2.24) is 9.88 Å². The predicted molar refractivity (Wildman–Crippen MR) is 109 cm³/mol. The van der Waals surface area contributed by atoms with E-state index in [0.717, 1.165) is 5.69 Å². The van der Waals surface area contributed by atoms with Crippen LogP contribution in [0, 0.1) is 0 Å².